The van der Waals surface area contributed by atoms with Crippen molar-refractivity contribution in [2.45, 2.75) is 69.3 Å². The lowest BCUT2D eigenvalue weighted by atomic mass is 10.0. The van der Waals surface area contributed by atoms with Crippen molar-refractivity contribution in [2.24, 2.45) is 0 Å². The number of carbonyl (C=O) groups is 3. The lowest BCUT2D eigenvalue weighted by molar-refractivity contribution is -0.302. The molecule has 0 aliphatic heterocycles. The lowest BCUT2D eigenvalue weighted by Gasteiger charge is -2.30. The number of halogens is 6. The van der Waals surface area contributed by atoms with Gasteiger partial charge in [-0.2, -0.15) is 26.3 Å². The highest BCUT2D eigenvalue weighted by molar-refractivity contribution is 5.94. The summed E-state index contributed by atoms with van der Waals surface area (Å²) in [6.45, 7) is 3.80. The Balaban J connectivity index is 2.75. The molecule has 0 unspecified atom stereocenters. The van der Waals surface area contributed by atoms with E-state index in [0.29, 0.717) is 12.8 Å². The Hall–Kier alpha value is -2.07. The second-order valence-electron chi connectivity index (χ2n) is 6.48. The van der Waals surface area contributed by atoms with E-state index in [2.05, 4.69) is 16.1 Å². The minimum absolute atomic E-state index is 0.142. The zero-order valence-corrected chi connectivity index (χ0v) is 15.0. The Morgan fingerprint density at radius 2 is 1.46 bits per heavy atom. The van der Waals surface area contributed by atoms with Gasteiger partial charge in [-0.05, 0) is 44.6 Å². The van der Waals surface area contributed by atoms with Gasteiger partial charge in [0.2, 0.25) is 0 Å². The summed E-state index contributed by atoms with van der Waals surface area (Å²) in [5, 5.41) is 0. The number of Topliss-reactive ketones (excluding diaryl/α,β-unsaturated/α-hetero) is 1. The van der Waals surface area contributed by atoms with Gasteiger partial charge in [-0.25, -0.2) is 9.59 Å². The molecule has 0 radical (unpaired) electrons. The first kappa shape index (κ1) is 24.0. The number of esters is 2. The van der Waals surface area contributed by atoms with Gasteiger partial charge in [-0.1, -0.05) is 6.58 Å². The number of carbonyl (C=O) groups excluding carboxylic acids is 3. The number of hydrogen-bond donors (Lipinski definition) is 0. The first-order valence-electron chi connectivity index (χ1n) is 8.45. The van der Waals surface area contributed by atoms with Gasteiger partial charge in [0, 0.05) is 6.42 Å². The van der Waals surface area contributed by atoms with Crippen molar-refractivity contribution in [3.05, 3.63) is 12.2 Å². The van der Waals surface area contributed by atoms with Gasteiger partial charge in [0.15, 0.2) is 5.78 Å². The molecule has 0 aromatic carbocycles. The molecule has 1 rings (SSSR count). The predicted octanol–water partition coefficient (Wildman–Crippen LogP) is 3.85. The number of ether oxygens (including phenoxy) is 2. The average molecular weight is 418 g/mol. The molecule has 0 N–H and O–H groups in total. The van der Waals surface area contributed by atoms with E-state index in [1.54, 1.807) is 0 Å². The monoisotopic (exact) mass is 418 g/mol. The van der Waals surface area contributed by atoms with E-state index in [0.717, 1.165) is 0 Å². The highest BCUT2D eigenvalue weighted by Gasteiger charge is 2.79. The third kappa shape index (κ3) is 5.05. The fraction of sp³-hybridized carbons (Fsp3) is 0.706. The van der Waals surface area contributed by atoms with E-state index in [-0.39, 0.29) is 31.3 Å². The van der Waals surface area contributed by atoms with Crippen LogP contribution < -0.4 is 0 Å². The van der Waals surface area contributed by atoms with Gasteiger partial charge in [-0.15, -0.1) is 0 Å². The van der Waals surface area contributed by atoms with Gasteiger partial charge in [-0.3, -0.25) is 4.79 Å². The maximum absolute atomic E-state index is 13.7. The Bertz CT molecular complexity index is 626. The molecule has 0 atom stereocenters. The largest absolute Gasteiger partial charge is 0.461 e. The van der Waals surface area contributed by atoms with E-state index >= 15 is 0 Å². The van der Waals surface area contributed by atoms with Crippen molar-refractivity contribution in [2.75, 3.05) is 6.61 Å². The van der Waals surface area contributed by atoms with Crippen LogP contribution in [0.4, 0.5) is 26.3 Å². The molecular formula is C17H20F6O5. The SMILES string of the molecule is C=C(C)C(=O)CCCOC(=O)C(F)(F)C(F)(F)C(F)(F)C(=O)OC1CCCC1. The van der Waals surface area contributed by atoms with Crippen LogP contribution >= 0.6 is 0 Å². The highest BCUT2D eigenvalue weighted by Crippen LogP contribution is 2.47. The van der Waals surface area contributed by atoms with Gasteiger partial charge in [0.05, 0.1) is 6.61 Å². The first-order chi connectivity index (χ1) is 12.7. The average Bonchev–Trinajstić information content (AvgIpc) is 3.10. The van der Waals surface area contributed by atoms with E-state index < -0.39 is 48.2 Å². The zero-order valence-electron chi connectivity index (χ0n) is 15.0. The van der Waals surface area contributed by atoms with Crippen LogP contribution in [0.1, 0.15) is 45.4 Å². The smallest absolute Gasteiger partial charge is 0.411 e. The van der Waals surface area contributed by atoms with Crippen molar-refractivity contribution < 1.29 is 50.2 Å². The minimum Gasteiger partial charge on any atom is -0.461 e. The van der Waals surface area contributed by atoms with Crippen LogP contribution in [0, 0.1) is 0 Å². The Morgan fingerprint density at radius 1 is 0.964 bits per heavy atom. The van der Waals surface area contributed by atoms with Gasteiger partial charge in [0.1, 0.15) is 6.10 Å². The van der Waals surface area contributed by atoms with Crippen molar-refractivity contribution in [1.82, 2.24) is 0 Å². The second kappa shape index (κ2) is 8.95. The molecule has 11 heteroatoms. The Morgan fingerprint density at radius 3 is 1.96 bits per heavy atom. The van der Waals surface area contributed by atoms with Crippen molar-refractivity contribution in [1.29, 1.82) is 0 Å². The Labute approximate surface area is 157 Å². The summed E-state index contributed by atoms with van der Waals surface area (Å²) < 4.78 is 90.4. The molecule has 1 saturated carbocycles. The topological polar surface area (TPSA) is 69.7 Å². The van der Waals surface area contributed by atoms with Gasteiger partial charge in [0.25, 0.3) is 0 Å². The molecule has 160 valence electrons. The fourth-order valence-electron chi connectivity index (χ4n) is 2.39. The highest BCUT2D eigenvalue weighted by atomic mass is 19.3. The predicted molar refractivity (Wildman–Crippen MR) is 83.2 cm³/mol. The van der Waals surface area contributed by atoms with Crippen LogP contribution in [-0.2, 0) is 23.9 Å². The van der Waals surface area contributed by atoms with Crippen LogP contribution in [0.3, 0.4) is 0 Å². The van der Waals surface area contributed by atoms with Crippen LogP contribution in [0.15, 0.2) is 12.2 Å². The molecule has 0 heterocycles. The summed E-state index contributed by atoms with van der Waals surface area (Å²) in [5.41, 5.74) is 0.142. The van der Waals surface area contributed by atoms with E-state index in [1.807, 2.05) is 0 Å². The van der Waals surface area contributed by atoms with Crippen molar-refractivity contribution in [3.63, 3.8) is 0 Å². The molecule has 1 fully saturated rings. The number of rotatable bonds is 10. The summed E-state index contributed by atoms with van der Waals surface area (Å²) >= 11 is 0. The van der Waals surface area contributed by atoms with Gasteiger partial charge < -0.3 is 9.47 Å². The van der Waals surface area contributed by atoms with Crippen molar-refractivity contribution in [3.8, 4) is 0 Å². The van der Waals surface area contributed by atoms with E-state index in [1.165, 1.54) is 6.92 Å². The van der Waals surface area contributed by atoms with Crippen molar-refractivity contribution >= 4 is 17.7 Å². The van der Waals surface area contributed by atoms with Crippen LogP contribution in [0.2, 0.25) is 0 Å². The summed E-state index contributed by atoms with van der Waals surface area (Å²) in [4.78, 5) is 33.8. The number of hydrogen-bond acceptors (Lipinski definition) is 5. The van der Waals surface area contributed by atoms with Gasteiger partial charge >= 0.3 is 29.7 Å². The molecule has 0 spiro atoms. The summed E-state index contributed by atoms with van der Waals surface area (Å²) in [6.07, 6.45) is -0.329. The van der Waals surface area contributed by atoms with Crippen LogP contribution in [-0.4, -0.2) is 48.2 Å². The molecule has 0 saturated heterocycles. The number of ketones is 1. The third-order valence-electron chi connectivity index (χ3n) is 4.13. The minimum atomic E-state index is -6.37. The second-order valence-corrected chi connectivity index (χ2v) is 6.48. The lowest BCUT2D eigenvalue weighted by Crippen LogP contribution is -2.62. The third-order valence-corrected chi connectivity index (χ3v) is 4.13. The standard InChI is InChI=1S/C17H20F6O5/c1-10(2)12(24)8-5-9-27-13(25)15(18,19)17(22,23)16(20,21)14(26)28-11-6-3-4-7-11/h11H,1,3-9H2,2H3. The molecular weight excluding hydrogens is 398 g/mol. The molecule has 0 bridgehead atoms. The first-order valence-corrected chi connectivity index (χ1v) is 8.45. The number of allylic oxidation sites excluding steroid dienone is 1. The maximum Gasteiger partial charge on any atom is 0.411 e. The fourth-order valence-corrected chi connectivity index (χ4v) is 2.39. The van der Waals surface area contributed by atoms with Crippen LogP contribution in [0.25, 0.3) is 0 Å². The molecule has 1 aliphatic carbocycles. The molecule has 0 aromatic heterocycles. The molecule has 0 aromatic rings. The zero-order chi connectivity index (χ0) is 21.8. The number of alkyl halides is 6. The molecule has 28 heavy (non-hydrogen) atoms. The maximum atomic E-state index is 13.7. The van der Waals surface area contributed by atoms with E-state index in [4.69, 9.17) is 0 Å². The summed E-state index contributed by atoms with van der Waals surface area (Å²) in [6, 6.07) is 0. The van der Waals surface area contributed by atoms with E-state index in [9.17, 15) is 40.7 Å². The molecule has 1 aliphatic rings. The van der Waals surface area contributed by atoms with Crippen LogP contribution in [0.5, 0.6) is 0 Å². The summed E-state index contributed by atoms with van der Waals surface area (Å²) in [7, 11) is 0. The quantitative estimate of drug-likeness (QED) is 0.233. The Kier molecular flexibility index (Phi) is 7.66. The molecule has 0 amide bonds. The molecule has 5 nitrogen and oxygen atoms in total. The summed E-state index contributed by atoms with van der Waals surface area (Å²) in [5.74, 6) is -24.6. The normalized spacial score (nSPS) is 16.0.